The molecule has 0 spiro atoms. The molecule has 1 aromatic heterocycles. The van der Waals surface area contributed by atoms with Crippen molar-refractivity contribution < 1.29 is 19.0 Å². The number of fused-ring (bicyclic) bond motifs is 1. The minimum Gasteiger partial charge on any atom is -0.494 e. The first kappa shape index (κ1) is 14.8. The van der Waals surface area contributed by atoms with Crippen molar-refractivity contribution in [1.82, 2.24) is 4.98 Å². The summed E-state index contributed by atoms with van der Waals surface area (Å²) in [5.74, 6) is 0.681. The molecule has 6 nitrogen and oxygen atoms in total. The molecule has 0 aliphatic carbocycles. The second-order valence-electron chi connectivity index (χ2n) is 4.68. The largest absolute Gasteiger partial charge is 0.494 e. The fourth-order valence-corrected chi connectivity index (χ4v) is 3.38. The molecular weight excluding hydrogens is 304 g/mol. The summed E-state index contributed by atoms with van der Waals surface area (Å²) < 4.78 is 16.3. The Morgan fingerprint density at radius 2 is 2.27 bits per heavy atom. The number of aromatic nitrogens is 1. The predicted octanol–water partition coefficient (Wildman–Crippen LogP) is 3.29. The Labute approximate surface area is 131 Å². The van der Waals surface area contributed by atoms with Crippen molar-refractivity contribution in [2.45, 2.75) is 6.42 Å². The average molecular weight is 320 g/mol. The summed E-state index contributed by atoms with van der Waals surface area (Å²) in [6, 6.07) is 3.92. The third-order valence-electron chi connectivity index (χ3n) is 3.43. The molecule has 2 heterocycles. The van der Waals surface area contributed by atoms with Gasteiger partial charge in [0.25, 0.3) is 0 Å². The maximum Gasteiger partial charge on any atom is 0.413 e. The molecule has 0 bridgehead atoms. The third kappa shape index (κ3) is 2.77. The zero-order valence-electron chi connectivity index (χ0n) is 12.3. The Morgan fingerprint density at radius 1 is 1.41 bits per heavy atom. The molecule has 0 saturated carbocycles. The molecule has 1 amide bonds. The summed E-state index contributed by atoms with van der Waals surface area (Å²) in [4.78, 5) is 15.8. The van der Waals surface area contributed by atoms with Crippen LogP contribution in [0.2, 0.25) is 0 Å². The smallest absolute Gasteiger partial charge is 0.413 e. The first-order chi connectivity index (χ1) is 10.7. The number of hydrogen-bond donors (Lipinski definition) is 1. The van der Waals surface area contributed by atoms with Gasteiger partial charge in [0, 0.05) is 0 Å². The van der Waals surface area contributed by atoms with Crippen LogP contribution in [0.3, 0.4) is 0 Å². The number of rotatable bonds is 3. The molecule has 0 fully saturated rings. The molecule has 0 atom stereocenters. The highest BCUT2D eigenvalue weighted by Gasteiger charge is 2.17. The van der Waals surface area contributed by atoms with E-state index < -0.39 is 6.09 Å². The molecule has 1 aliphatic heterocycles. The third-order valence-corrected chi connectivity index (χ3v) is 4.43. The number of ether oxygens (including phenoxy) is 3. The Hall–Kier alpha value is -2.12. The number of carbonyl (C=O) groups is 1. The minimum atomic E-state index is -0.537. The molecule has 2 aromatic rings. The molecule has 1 aromatic carbocycles. The van der Waals surface area contributed by atoms with Crippen LogP contribution in [0, 0.1) is 0 Å². The van der Waals surface area contributed by atoms with Crippen molar-refractivity contribution in [2.24, 2.45) is 0 Å². The van der Waals surface area contributed by atoms with Crippen LogP contribution < -0.4 is 10.1 Å². The van der Waals surface area contributed by atoms with E-state index in [-0.39, 0.29) is 0 Å². The second-order valence-corrected chi connectivity index (χ2v) is 5.68. The zero-order chi connectivity index (χ0) is 15.5. The van der Waals surface area contributed by atoms with Crippen LogP contribution in [0.1, 0.15) is 12.0 Å². The lowest BCUT2D eigenvalue weighted by molar-refractivity contribution is 0.161. The molecule has 7 heteroatoms. The van der Waals surface area contributed by atoms with E-state index in [1.54, 1.807) is 7.11 Å². The average Bonchev–Trinajstić information content (AvgIpc) is 2.97. The number of amides is 1. The van der Waals surface area contributed by atoms with Crippen LogP contribution in [0.5, 0.6) is 5.75 Å². The van der Waals surface area contributed by atoms with Crippen molar-refractivity contribution in [2.75, 3.05) is 32.8 Å². The van der Waals surface area contributed by atoms with Crippen molar-refractivity contribution in [3.8, 4) is 5.75 Å². The maximum atomic E-state index is 11.4. The van der Waals surface area contributed by atoms with Crippen molar-refractivity contribution in [1.29, 1.82) is 0 Å². The predicted molar refractivity (Wildman–Crippen MR) is 85.6 cm³/mol. The lowest BCUT2D eigenvalue weighted by atomic mass is 10.0. The van der Waals surface area contributed by atoms with E-state index in [9.17, 15) is 4.79 Å². The maximum absolute atomic E-state index is 11.4. The molecule has 0 saturated heterocycles. The standard InChI is InChI=1S/C15H16N2O4S/c1-19-11-4-3-10(9-5-7-21-8-6-9)13-12(11)16-14(22-13)17-15(18)20-2/h3-5H,6-8H2,1-2H3,(H,16,17,18). The van der Waals surface area contributed by atoms with E-state index in [2.05, 4.69) is 21.1 Å². The van der Waals surface area contributed by atoms with Gasteiger partial charge in [0.15, 0.2) is 5.13 Å². The summed E-state index contributed by atoms with van der Waals surface area (Å²) in [5, 5.41) is 3.10. The molecule has 0 unspecified atom stereocenters. The number of benzene rings is 1. The van der Waals surface area contributed by atoms with E-state index in [0.29, 0.717) is 24.1 Å². The van der Waals surface area contributed by atoms with E-state index in [1.165, 1.54) is 24.0 Å². The van der Waals surface area contributed by atoms with Gasteiger partial charge >= 0.3 is 6.09 Å². The van der Waals surface area contributed by atoms with Crippen LogP contribution in [0.15, 0.2) is 18.2 Å². The highest BCUT2D eigenvalue weighted by Crippen LogP contribution is 2.39. The van der Waals surface area contributed by atoms with Gasteiger partial charge in [0.1, 0.15) is 11.3 Å². The van der Waals surface area contributed by atoms with Gasteiger partial charge in [-0.3, -0.25) is 5.32 Å². The summed E-state index contributed by atoms with van der Waals surface area (Å²) in [7, 11) is 2.93. The Kier molecular flexibility index (Phi) is 4.26. The van der Waals surface area contributed by atoms with Crippen LogP contribution in [-0.2, 0) is 9.47 Å². The topological polar surface area (TPSA) is 69.7 Å². The van der Waals surface area contributed by atoms with E-state index in [4.69, 9.17) is 9.47 Å². The van der Waals surface area contributed by atoms with Crippen LogP contribution in [-0.4, -0.2) is 38.5 Å². The number of methoxy groups -OCH3 is 2. The van der Waals surface area contributed by atoms with Gasteiger partial charge < -0.3 is 14.2 Å². The molecular formula is C15H16N2O4S. The number of nitrogens with one attached hydrogen (secondary N) is 1. The Balaban J connectivity index is 2.09. The van der Waals surface area contributed by atoms with Crippen molar-refractivity contribution in [3.05, 3.63) is 23.8 Å². The highest BCUT2D eigenvalue weighted by atomic mass is 32.1. The Bertz CT molecular complexity index is 738. The lowest BCUT2D eigenvalue weighted by Gasteiger charge is -2.14. The summed E-state index contributed by atoms with van der Waals surface area (Å²) in [6.07, 6.45) is 2.40. The molecule has 1 aliphatic rings. The van der Waals surface area contributed by atoms with Gasteiger partial charge in [-0.1, -0.05) is 17.4 Å². The first-order valence-corrected chi connectivity index (χ1v) is 7.64. The van der Waals surface area contributed by atoms with Crippen LogP contribution in [0.4, 0.5) is 9.93 Å². The van der Waals surface area contributed by atoms with Gasteiger partial charge in [0.2, 0.25) is 0 Å². The van der Waals surface area contributed by atoms with Crippen molar-refractivity contribution in [3.63, 3.8) is 0 Å². The summed E-state index contributed by atoms with van der Waals surface area (Å²) in [6.45, 7) is 1.33. The van der Waals surface area contributed by atoms with Gasteiger partial charge in [-0.25, -0.2) is 9.78 Å². The monoisotopic (exact) mass is 320 g/mol. The molecule has 116 valence electrons. The van der Waals surface area contributed by atoms with Crippen LogP contribution >= 0.6 is 11.3 Å². The van der Waals surface area contributed by atoms with Gasteiger partial charge in [0.05, 0.1) is 32.1 Å². The molecule has 22 heavy (non-hydrogen) atoms. The van der Waals surface area contributed by atoms with Gasteiger partial charge in [-0.05, 0) is 29.7 Å². The van der Waals surface area contributed by atoms with E-state index in [1.807, 2.05) is 12.1 Å². The quantitative estimate of drug-likeness (QED) is 0.940. The second kappa shape index (κ2) is 6.33. The zero-order valence-corrected chi connectivity index (χ0v) is 13.2. The molecule has 0 radical (unpaired) electrons. The number of hydrogen-bond acceptors (Lipinski definition) is 6. The number of carbonyl (C=O) groups excluding carboxylic acids is 1. The SMILES string of the molecule is COC(=O)Nc1nc2c(OC)ccc(C3=CCOCC3)c2s1. The van der Waals surface area contributed by atoms with Crippen molar-refractivity contribution >= 4 is 38.4 Å². The highest BCUT2D eigenvalue weighted by molar-refractivity contribution is 7.22. The van der Waals surface area contributed by atoms with Gasteiger partial charge in [-0.2, -0.15) is 0 Å². The number of nitrogens with zero attached hydrogens (tertiary/aromatic N) is 1. The fraction of sp³-hybridized carbons (Fsp3) is 0.333. The number of thiazole rings is 1. The molecule has 1 N–H and O–H groups in total. The van der Waals surface area contributed by atoms with Crippen LogP contribution in [0.25, 0.3) is 15.8 Å². The fourth-order valence-electron chi connectivity index (χ4n) is 2.36. The normalized spacial score (nSPS) is 14.5. The number of anilines is 1. The van der Waals surface area contributed by atoms with Gasteiger partial charge in [-0.15, -0.1) is 0 Å². The van der Waals surface area contributed by atoms with E-state index in [0.717, 1.165) is 22.2 Å². The van der Waals surface area contributed by atoms with E-state index >= 15 is 0 Å². The summed E-state index contributed by atoms with van der Waals surface area (Å²) in [5.41, 5.74) is 3.07. The molecule has 3 rings (SSSR count). The first-order valence-electron chi connectivity index (χ1n) is 6.82. The summed E-state index contributed by atoms with van der Waals surface area (Å²) >= 11 is 1.41. The lowest BCUT2D eigenvalue weighted by Crippen LogP contribution is -2.10. The Morgan fingerprint density at radius 3 is 2.95 bits per heavy atom. The minimum absolute atomic E-state index is 0.486.